The van der Waals surface area contributed by atoms with Gasteiger partial charge in [0.2, 0.25) is 11.7 Å². The minimum atomic E-state index is 0.0561. The van der Waals surface area contributed by atoms with Gasteiger partial charge < -0.3 is 9.73 Å². The molecule has 6 rings (SSSR count). The summed E-state index contributed by atoms with van der Waals surface area (Å²) in [4.78, 5) is 12.8. The molecule has 2 aromatic rings. The van der Waals surface area contributed by atoms with Crippen molar-refractivity contribution in [3.05, 3.63) is 31.1 Å². The van der Waals surface area contributed by atoms with E-state index in [2.05, 4.69) is 22.1 Å². The van der Waals surface area contributed by atoms with Gasteiger partial charge in [-0.15, -0.1) is 16.8 Å². The Hall–Kier alpha value is -2.02. The van der Waals surface area contributed by atoms with E-state index in [9.17, 15) is 4.79 Å². The lowest BCUT2D eigenvalue weighted by molar-refractivity contribution is -0.124. The van der Waals surface area contributed by atoms with Crippen LogP contribution in [0.5, 0.6) is 0 Å². The molecule has 0 unspecified atom stereocenters. The number of carbonyl (C=O) groups is 1. The largest absolute Gasteiger partial charge is 0.461 e. The van der Waals surface area contributed by atoms with Gasteiger partial charge in [-0.05, 0) is 68.4 Å². The van der Waals surface area contributed by atoms with Crippen molar-refractivity contribution >= 4 is 17.7 Å². The van der Waals surface area contributed by atoms with Crippen LogP contribution < -0.4 is 5.32 Å². The second kappa shape index (κ2) is 7.10. The van der Waals surface area contributed by atoms with Gasteiger partial charge in [0.05, 0.1) is 12.0 Å². The molecule has 0 aromatic carbocycles. The van der Waals surface area contributed by atoms with E-state index in [1.165, 1.54) is 50.3 Å². The quantitative estimate of drug-likeness (QED) is 0.566. The van der Waals surface area contributed by atoms with E-state index in [1.54, 1.807) is 12.3 Å². The highest BCUT2D eigenvalue weighted by molar-refractivity contribution is 7.99. The zero-order valence-corrected chi connectivity index (χ0v) is 16.8. The summed E-state index contributed by atoms with van der Waals surface area (Å²) in [5.41, 5.74) is 0.0561. The first kappa shape index (κ1) is 18.0. The molecular formula is C21H26N4O2S. The van der Waals surface area contributed by atoms with Crippen molar-refractivity contribution in [2.75, 3.05) is 5.75 Å². The monoisotopic (exact) mass is 398 g/mol. The first-order chi connectivity index (χ1) is 13.6. The number of aromatic nitrogens is 3. The third-order valence-electron chi connectivity index (χ3n) is 6.55. The fourth-order valence-electron chi connectivity index (χ4n) is 6.00. The molecule has 6 nitrogen and oxygen atoms in total. The van der Waals surface area contributed by atoms with E-state index in [-0.39, 0.29) is 11.4 Å². The molecule has 4 aliphatic carbocycles. The average Bonchev–Trinajstić information content (AvgIpc) is 3.28. The predicted molar refractivity (Wildman–Crippen MR) is 108 cm³/mol. The molecule has 0 aliphatic heterocycles. The third-order valence-corrected chi connectivity index (χ3v) is 7.51. The summed E-state index contributed by atoms with van der Waals surface area (Å²) in [7, 11) is 0. The van der Waals surface area contributed by atoms with Crippen LogP contribution in [0.25, 0.3) is 11.6 Å². The van der Waals surface area contributed by atoms with Crippen LogP contribution in [0.4, 0.5) is 0 Å². The lowest BCUT2D eigenvalue weighted by atomic mass is 9.53. The molecule has 2 aromatic heterocycles. The minimum absolute atomic E-state index is 0.0561. The lowest BCUT2D eigenvalue weighted by Crippen LogP contribution is -2.60. The third kappa shape index (κ3) is 3.30. The Morgan fingerprint density at radius 3 is 2.61 bits per heavy atom. The highest BCUT2D eigenvalue weighted by atomic mass is 32.2. The van der Waals surface area contributed by atoms with E-state index >= 15 is 0 Å². The zero-order chi connectivity index (χ0) is 19.1. The number of rotatable bonds is 7. The van der Waals surface area contributed by atoms with Crippen molar-refractivity contribution in [2.45, 2.75) is 55.8 Å². The Balaban J connectivity index is 1.25. The van der Waals surface area contributed by atoms with Gasteiger partial charge in [0, 0.05) is 12.1 Å². The van der Waals surface area contributed by atoms with Crippen molar-refractivity contribution in [3.8, 4) is 11.6 Å². The predicted octanol–water partition coefficient (Wildman–Crippen LogP) is 3.90. The Bertz CT molecular complexity index is 838. The molecule has 148 valence electrons. The zero-order valence-electron chi connectivity index (χ0n) is 16.0. The van der Waals surface area contributed by atoms with Crippen molar-refractivity contribution in [3.63, 3.8) is 0 Å². The molecule has 4 bridgehead atoms. The van der Waals surface area contributed by atoms with Gasteiger partial charge in [0.1, 0.15) is 0 Å². The standard InChI is InChI=1S/C21H26N4O2S/c1-2-5-25-19(17-4-3-6-27-17)23-24-20(25)28-13-18(26)22-21-10-14-7-15(11-21)9-16(8-14)12-21/h2-4,6,14-16H,1,5,7-13H2,(H,22,26). The van der Waals surface area contributed by atoms with E-state index < -0.39 is 0 Å². The van der Waals surface area contributed by atoms with Gasteiger partial charge in [-0.1, -0.05) is 17.8 Å². The Morgan fingerprint density at radius 2 is 2.00 bits per heavy atom. The van der Waals surface area contributed by atoms with E-state index in [1.807, 2.05) is 16.7 Å². The molecule has 0 atom stereocenters. The molecule has 4 aliphatic rings. The van der Waals surface area contributed by atoms with Crippen molar-refractivity contribution in [1.29, 1.82) is 0 Å². The molecule has 4 fully saturated rings. The second-order valence-corrected chi connectivity index (χ2v) is 9.66. The van der Waals surface area contributed by atoms with Crippen LogP contribution in [-0.4, -0.2) is 32.0 Å². The number of thioether (sulfide) groups is 1. The molecular weight excluding hydrogens is 372 g/mol. The van der Waals surface area contributed by atoms with Crippen LogP contribution in [0, 0.1) is 17.8 Å². The summed E-state index contributed by atoms with van der Waals surface area (Å²) in [6.45, 7) is 4.39. The SMILES string of the molecule is C=CCn1c(SCC(=O)NC23CC4CC(CC(C4)C2)C3)nnc1-c1ccco1. The topological polar surface area (TPSA) is 73.0 Å². The fourth-order valence-corrected chi connectivity index (χ4v) is 6.75. The maximum absolute atomic E-state index is 12.8. The average molecular weight is 399 g/mol. The summed E-state index contributed by atoms with van der Waals surface area (Å²) in [6.07, 6.45) is 11.1. The van der Waals surface area contributed by atoms with Gasteiger partial charge in [0.15, 0.2) is 10.9 Å². The van der Waals surface area contributed by atoms with Crippen LogP contribution in [0.15, 0.2) is 40.6 Å². The van der Waals surface area contributed by atoms with Crippen LogP contribution in [0.1, 0.15) is 38.5 Å². The number of hydrogen-bond acceptors (Lipinski definition) is 5. The molecule has 0 radical (unpaired) electrons. The maximum atomic E-state index is 12.8. The lowest BCUT2D eigenvalue weighted by Gasteiger charge is -2.56. The first-order valence-electron chi connectivity index (χ1n) is 10.2. The maximum Gasteiger partial charge on any atom is 0.230 e. The van der Waals surface area contributed by atoms with Crippen LogP contribution >= 0.6 is 11.8 Å². The molecule has 0 spiro atoms. The normalized spacial score (nSPS) is 30.5. The number of carbonyl (C=O) groups excluding carboxylic acids is 1. The molecule has 1 N–H and O–H groups in total. The fraction of sp³-hybridized carbons (Fsp3) is 0.571. The van der Waals surface area contributed by atoms with Crippen molar-refractivity contribution in [1.82, 2.24) is 20.1 Å². The summed E-state index contributed by atoms with van der Waals surface area (Å²) in [5.74, 6) is 4.27. The first-order valence-corrected chi connectivity index (χ1v) is 11.1. The smallest absolute Gasteiger partial charge is 0.230 e. The molecule has 4 saturated carbocycles. The molecule has 28 heavy (non-hydrogen) atoms. The Labute approximate surface area is 169 Å². The minimum Gasteiger partial charge on any atom is -0.461 e. The number of amides is 1. The Kier molecular flexibility index (Phi) is 4.57. The van der Waals surface area contributed by atoms with E-state index in [4.69, 9.17) is 4.42 Å². The number of nitrogens with zero attached hydrogens (tertiary/aromatic N) is 3. The highest BCUT2D eigenvalue weighted by Crippen LogP contribution is 2.55. The van der Waals surface area contributed by atoms with Crippen LogP contribution in [0.3, 0.4) is 0 Å². The van der Waals surface area contributed by atoms with Crippen LogP contribution in [0.2, 0.25) is 0 Å². The van der Waals surface area contributed by atoms with Gasteiger partial charge in [-0.3, -0.25) is 9.36 Å². The number of hydrogen-bond donors (Lipinski definition) is 1. The summed E-state index contributed by atoms with van der Waals surface area (Å²) >= 11 is 1.43. The number of furan rings is 1. The second-order valence-electron chi connectivity index (χ2n) is 8.72. The van der Waals surface area contributed by atoms with Crippen molar-refractivity contribution in [2.24, 2.45) is 17.8 Å². The van der Waals surface area contributed by atoms with Gasteiger partial charge in [0.25, 0.3) is 0 Å². The molecule has 0 saturated heterocycles. The van der Waals surface area contributed by atoms with Crippen LogP contribution in [-0.2, 0) is 11.3 Å². The Morgan fingerprint density at radius 1 is 1.29 bits per heavy atom. The van der Waals surface area contributed by atoms with Crippen molar-refractivity contribution < 1.29 is 9.21 Å². The van der Waals surface area contributed by atoms with E-state index in [0.717, 1.165) is 17.8 Å². The molecule has 1 amide bonds. The molecule has 7 heteroatoms. The summed E-state index contributed by atoms with van der Waals surface area (Å²) in [6, 6.07) is 3.69. The van der Waals surface area contributed by atoms with E-state index in [0.29, 0.717) is 29.0 Å². The molecule has 2 heterocycles. The summed E-state index contributed by atoms with van der Waals surface area (Å²) < 4.78 is 7.40. The summed E-state index contributed by atoms with van der Waals surface area (Å²) in [5, 5.41) is 12.7. The number of nitrogens with one attached hydrogen (secondary N) is 1. The highest BCUT2D eigenvalue weighted by Gasteiger charge is 2.51. The number of allylic oxidation sites excluding steroid dienone is 1. The van der Waals surface area contributed by atoms with Gasteiger partial charge in [-0.25, -0.2) is 0 Å². The van der Waals surface area contributed by atoms with Gasteiger partial charge >= 0.3 is 0 Å². The van der Waals surface area contributed by atoms with Gasteiger partial charge in [-0.2, -0.15) is 0 Å².